The average molecular weight is 298 g/mol. The van der Waals surface area contributed by atoms with E-state index in [9.17, 15) is 9.90 Å². The fourth-order valence-electron chi connectivity index (χ4n) is 2.94. The second-order valence-corrected chi connectivity index (χ2v) is 6.40. The third kappa shape index (κ3) is 1.71. The molecule has 2 aromatic rings. The second kappa shape index (κ2) is 4.26. The average Bonchev–Trinajstić information content (AvgIpc) is 3.06. The number of anilines is 1. The molecule has 0 amide bonds. The van der Waals surface area contributed by atoms with Crippen molar-refractivity contribution < 1.29 is 9.90 Å². The van der Waals surface area contributed by atoms with Crippen LogP contribution in [0.3, 0.4) is 0 Å². The second-order valence-electron chi connectivity index (χ2n) is 5.50. The molecule has 0 unspecified atom stereocenters. The van der Waals surface area contributed by atoms with Gasteiger partial charge >= 0.3 is 0 Å². The summed E-state index contributed by atoms with van der Waals surface area (Å²) in [4.78, 5) is 19.1. The van der Waals surface area contributed by atoms with Crippen LogP contribution >= 0.6 is 11.3 Å². The minimum Gasteiger partial charge on any atom is -0.374 e. The van der Waals surface area contributed by atoms with Gasteiger partial charge in [-0.3, -0.25) is 4.79 Å². The van der Waals surface area contributed by atoms with Gasteiger partial charge in [-0.25, -0.2) is 4.99 Å². The van der Waals surface area contributed by atoms with Crippen molar-refractivity contribution in [3.05, 3.63) is 46.8 Å². The Morgan fingerprint density at radius 2 is 2.05 bits per heavy atom. The summed E-state index contributed by atoms with van der Waals surface area (Å²) in [6, 6.07) is 9.79. The molecule has 0 bridgehead atoms. The Morgan fingerprint density at radius 1 is 1.29 bits per heavy atom. The summed E-state index contributed by atoms with van der Waals surface area (Å²) in [7, 11) is 0. The molecule has 4 rings (SSSR count). The summed E-state index contributed by atoms with van der Waals surface area (Å²) in [6.45, 7) is 2.63. The highest BCUT2D eigenvalue weighted by molar-refractivity contribution is 7.14. The van der Waals surface area contributed by atoms with Crippen LogP contribution in [0, 0.1) is 6.92 Å². The van der Waals surface area contributed by atoms with Crippen molar-refractivity contribution in [1.82, 2.24) is 0 Å². The number of carbonyl (C=O) groups excluding carboxylic acids is 1. The molecule has 1 N–H and O–H groups in total. The van der Waals surface area contributed by atoms with Crippen LogP contribution in [-0.4, -0.2) is 28.9 Å². The van der Waals surface area contributed by atoms with Crippen molar-refractivity contribution >= 4 is 33.6 Å². The van der Waals surface area contributed by atoms with Gasteiger partial charge in [-0.15, -0.1) is 11.3 Å². The van der Waals surface area contributed by atoms with Crippen molar-refractivity contribution in [2.45, 2.75) is 18.9 Å². The van der Waals surface area contributed by atoms with Gasteiger partial charge < -0.3 is 10.0 Å². The fourth-order valence-corrected chi connectivity index (χ4v) is 3.70. The lowest BCUT2D eigenvalue weighted by molar-refractivity contribution is 0.0603. The molecule has 0 aliphatic carbocycles. The summed E-state index contributed by atoms with van der Waals surface area (Å²) in [5, 5.41) is 13.3. The lowest BCUT2D eigenvalue weighted by Crippen LogP contribution is -2.48. The first-order chi connectivity index (χ1) is 10.1. The van der Waals surface area contributed by atoms with Crippen LogP contribution in [0.4, 0.5) is 10.7 Å². The molecule has 1 atom stereocenters. The van der Waals surface area contributed by atoms with E-state index >= 15 is 0 Å². The van der Waals surface area contributed by atoms with Gasteiger partial charge in [0.2, 0.25) is 5.78 Å². The number of aliphatic imine (C=N–C) groups is 1. The Hall–Kier alpha value is -1.98. The standard InChI is InChI=1S/C16H14N2O2S/c1-10-2-4-11(5-3-10)18-8-7-16(20)13(19)12-6-9-21-14(12)17-15(16)18/h2-6,9,20H,7-8H2,1H3/t16-/m1/s1. The molecule has 5 heteroatoms. The number of ketones is 1. The number of aryl methyl sites for hydroxylation is 1. The normalized spacial score (nSPS) is 23.8. The molecular formula is C16H14N2O2S. The molecule has 106 valence electrons. The lowest BCUT2D eigenvalue weighted by Gasteiger charge is -2.28. The van der Waals surface area contributed by atoms with E-state index in [4.69, 9.17) is 0 Å². The summed E-state index contributed by atoms with van der Waals surface area (Å²) < 4.78 is 0. The van der Waals surface area contributed by atoms with E-state index in [2.05, 4.69) is 4.99 Å². The van der Waals surface area contributed by atoms with Gasteiger partial charge in [-0.1, -0.05) is 17.7 Å². The number of Topliss-reactive ketones (excluding diaryl/α,β-unsaturated/α-hetero) is 1. The van der Waals surface area contributed by atoms with E-state index in [1.54, 1.807) is 6.07 Å². The van der Waals surface area contributed by atoms with E-state index < -0.39 is 5.60 Å². The quantitative estimate of drug-likeness (QED) is 0.880. The van der Waals surface area contributed by atoms with E-state index in [-0.39, 0.29) is 5.78 Å². The van der Waals surface area contributed by atoms with E-state index in [1.165, 1.54) is 16.9 Å². The van der Waals surface area contributed by atoms with Gasteiger partial charge in [0.15, 0.2) is 11.4 Å². The summed E-state index contributed by atoms with van der Waals surface area (Å²) >= 11 is 1.43. The molecule has 0 radical (unpaired) electrons. The zero-order valence-corrected chi connectivity index (χ0v) is 12.4. The van der Waals surface area contributed by atoms with E-state index in [1.807, 2.05) is 41.5 Å². The van der Waals surface area contributed by atoms with Crippen LogP contribution < -0.4 is 4.90 Å². The first-order valence-corrected chi connectivity index (χ1v) is 7.75. The highest BCUT2D eigenvalue weighted by Gasteiger charge is 2.52. The van der Waals surface area contributed by atoms with Crippen molar-refractivity contribution in [3.8, 4) is 0 Å². The van der Waals surface area contributed by atoms with Crippen molar-refractivity contribution in [1.29, 1.82) is 0 Å². The van der Waals surface area contributed by atoms with Crippen LogP contribution in [0.5, 0.6) is 0 Å². The van der Waals surface area contributed by atoms with E-state index in [0.29, 0.717) is 29.4 Å². The Bertz CT molecular complexity index is 763. The summed E-state index contributed by atoms with van der Waals surface area (Å²) in [5.74, 6) is 0.240. The number of carbonyl (C=O) groups is 1. The Labute approximate surface area is 126 Å². The molecule has 2 aliphatic rings. The number of hydrogen-bond acceptors (Lipinski definition) is 5. The monoisotopic (exact) mass is 298 g/mol. The van der Waals surface area contributed by atoms with Crippen LogP contribution in [0.25, 0.3) is 0 Å². The SMILES string of the molecule is Cc1ccc(N2CC[C@@]3(O)C(=O)c4ccsc4N=C23)cc1. The maximum atomic E-state index is 12.6. The van der Waals surface area contributed by atoms with Crippen LogP contribution in [-0.2, 0) is 0 Å². The molecule has 1 aromatic carbocycles. The first kappa shape index (κ1) is 12.7. The molecule has 3 heterocycles. The third-order valence-corrected chi connectivity index (χ3v) is 4.95. The summed E-state index contributed by atoms with van der Waals surface area (Å²) in [5.41, 5.74) is 1.20. The zero-order valence-electron chi connectivity index (χ0n) is 11.5. The Balaban J connectivity index is 1.84. The molecule has 21 heavy (non-hydrogen) atoms. The third-order valence-electron chi connectivity index (χ3n) is 4.14. The highest BCUT2D eigenvalue weighted by atomic mass is 32.1. The maximum Gasteiger partial charge on any atom is 0.205 e. The zero-order chi connectivity index (χ0) is 14.6. The number of amidine groups is 1. The number of thiophene rings is 1. The molecule has 0 spiro atoms. The van der Waals surface area contributed by atoms with Gasteiger partial charge in [0.05, 0.1) is 5.56 Å². The van der Waals surface area contributed by atoms with Crippen LogP contribution in [0.2, 0.25) is 0 Å². The molecule has 0 saturated carbocycles. The van der Waals surface area contributed by atoms with Gasteiger partial charge in [0.25, 0.3) is 0 Å². The van der Waals surface area contributed by atoms with Crippen molar-refractivity contribution in [3.63, 3.8) is 0 Å². The fraction of sp³-hybridized carbons (Fsp3) is 0.250. The van der Waals surface area contributed by atoms with Gasteiger partial charge in [-0.2, -0.15) is 0 Å². The minimum atomic E-state index is -1.47. The van der Waals surface area contributed by atoms with Crippen molar-refractivity contribution in [2.24, 2.45) is 4.99 Å². The minimum absolute atomic E-state index is 0.224. The maximum absolute atomic E-state index is 12.6. The molecule has 4 nitrogen and oxygen atoms in total. The van der Waals surface area contributed by atoms with Gasteiger partial charge in [-0.05, 0) is 30.5 Å². The molecule has 1 fully saturated rings. The number of hydrogen-bond donors (Lipinski definition) is 1. The number of fused-ring (bicyclic) bond motifs is 2. The molecule has 2 aliphatic heterocycles. The number of nitrogens with zero attached hydrogens (tertiary/aromatic N) is 2. The highest BCUT2D eigenvalue weighted by Crippen LogP contribution is 2.41. The van der Waals surface area contributed by atoms with Gasteiger partial charge in [0.1, 0.15) is 5.00 Å². The first-order valence-electron chi connectivity index (χ1n) is 6.88. The topological polar surface area (TPSA) is 52.9 Å². The number of aliphatic hydroxyl groups is 1. The van der Waals surface area contributed by atoms with Crippen LogP contribution in [0.1, 0.15) is 22.3 Å². The lowest BCUT2D eigenvalue weighted by atomic mass is 9.90. The van der Waals surface area contributed by atoms with Crippen molar-refractivity contribution in [2.75, 3.05) is 11.4 Å². The summed E-state index contributed by atoms with van der Waals surface area (Å²) in [6.07, 6.45) is 0.383. The Morgan fingerprint density at radius 3 is 2.81 bits per heavy atom. The van der Waals surface area contributed by atoms with Gasteiger partial charge in [0, 0.05) is 18.7 Å². The van der Waals surface area contributed by atoms with Crippen LogP contribution in [0.15, 0.2) is 40.7 Å². The molecule has 1 saturated heterocycles. The number of benzene rings is 1. The largest absolute Gasteiger partial charge is 0.374 e. The predicted molar refractivity (Wildman–Crippen MR) is 83.8 cm³/mol. The predicted octanol–water partition coefficient (Wildman–Crippen LogP) is 2.92. The Kier molecular flexibility index (Phi) is 2.58. The molecular weight excluding hydrogens is 284 g/mol. The smallest absolute Gasteiger partial charge is 0.205 e. The number of rotatable bonds is 1. The van der Waals surface area contributed by atoms with E-state index in [0.717, 1.165) is 5.69 Å². The molecule has 1 aromatic heterocycles.